The number of fused-ring (bicyclic) bond motifs is 2. The molecule has 2 aromatic carbocycles. The first-order valence-corrected chi connectivity index (χ1v) is 13.1. The van der Waals surface area contributed by atoms with E-state index in [4.69, 9.17) is 0 Å². The Kier molecular flexibility index (Phi) is 5.21. The number of hydrogen-bond acceptors (Lipinski definition) is 6. The van der Waals surface area contributed by atoms with Gasteiger partial charge in [-0.05, 0) is 49.9 Å². The smallest absolute Gasteiger partial charge is 0.306 e. The predicted octanol–water partition coefficient (Wildman–Crippen LogP) is 3.22. The largest absolute Gasteiger partial charge is 0.481 e. The van der Waals surface area contributed by atoms with Gasteiger partial charge in [0.25, 0.3) is 0 Å². The van der Waals surface area contributed by atoms with Crippen LogP contribution in [0.1, 0.15) is 25.7 Å². The van der Waals surface area contributed by atoms with Crippen LogP contribution in [0.4, 0.5) is 11.4 Å². The number of carboxylic acid groups (broad SMARTS) is 1. The number of rotatable bonds is 4. The molecule has 1 unspecified atom stereocenters. The molecule has 2 N–H and O–H groups in total. The maximum atomic E-state index is 13.0. The van der Waals surface area contributed by atoms with Crippen molar-refractivity contribution in [2.75, 3.05) is 17.2 Å². The Morgan fingerprint density at radius 3 is 2.22 bits per heavy atom. The lowest BCUT2D eigenvalue weighted by Crippen LogP contribution is -2.60. The fraction of sp³-hybridized carbons (Fsp3) is 0.391. The second-order valence-corrected chi connectivity index (χ2v) is 12.4. The van der Waals surface area contributed by atoms with Gasteiger partial charge in [-0.1, -0.05) is 36.0 Å². The van der Waals surface area contributed by atoms with Crippen molar-refractivity contribution in [3.63, 3.8) is 0 Å². The molecule has 2 fully saturated rings. The Morgan fingerprint density at radius 2 is 1.62 bits per heavy atom. The molecule has 2 aromatic rings. The van der Waals surface area contributed by atoms with Crippen LogP contribution in [0, 0.1) is 5.92 Å². The second kappa shape index (κ2) is 7.81. The number of carboxylic acids is 1. The molecule has 32 heavy (non-hydrogen) atoms. The average molecular weight is 473 g/mol. The third-order valence-electron chi connectivity index (χ3n) is 6.80. The van der Waals surface area contributed by atoms with E-state index in [9.17, 15) is 23.1 Å². The first-order valence-electron chi connectivity index (χ1n) is 10.7. The monoisotopic (exact) mass is 472 g/mol. The van der Waals surface area contributed by atoms with E-state index in [0.29, 0.717) is 6.42 Å². The Balaban J connectivity index is 1.31. The van der Waals surface area contributed by atoms with Crippen LogP contribution in [0.2, 0.25) is 0 Å². The third-order valence-corrected chi connectivity index (χ3v) is 10.5. The molecular formula is C23H24N2O5S2. The van der Waals surface area contributed by atoms with Gasteiger partial charge in [0.15, 0.2) is 9.84 Å². The molecule has 1 atom stereocenters. The molecule has 3 aliphatic rings. The highest BCUT2D eigenvalue weighted by Gasteiger charge is 2.58. The van der Waals surface area contributed by atoms with Crippen LogP contribution in [0.5, 0.6) is 0 Å². The van der Waals surface area contributed by atoms with E-state index in [0.717, 1.165) is 21.2 Å². The number of nitrogens with zero attached hydrogens (tertiary/aromatic N) is 1. The topological polar surface area (TPSA) is 104 Å². The maximum Gasteiger partial charge on any atom is 0.306 e. The van der Waals surface area contributed by atoms with Gasteiger partial charge in [0.1, 0.15) is 6.54 Å². The minimum Gasteiger partial charge on any atom is -0.481 e. The Labute approximate surface area is 191 Å². The fourth-order valence-corrected chi connectivity index (χ4v) is 8.61. The summed E-state index contributed by atoms with van der Waals surface area (Å²) in [4.78, 5) is 28.4. The van der Waals surface area contributed by atoms with Gasteiger partial charge in [0, 0.05) is 15.8 Å². The molecule has 0 bridgehead atoms. The van der Waals surface area contributed by atoms with Crippen LogP contribution in [0.3, 0.4) is 0 Å². The highest BCUT2D eigenvalue weighted by molar-refractivity contribution is 7.99. The van der Waals surface area contributed by atoms with Crippen LogP contribution in [-0.2, 0) is 19.4 Å². The van der Waals surface area contributed by atoms with Gasteiger partial charge < -0.3 is 15.3 Å². The molecule has 5 rings (SSSR count). The molecular weight excluding hydrogens is 448 g/mol. The number of amides is 1. The van der Waals surface area contributed by atoms with E-state index in [1.54, 1.807) is 11.8 Å². The quantitative estimate of drug-likeness (QED) is 0.704. The molecule has 1 aliphatic carbocycles. The van der Waals surface area contributed by atoms with Crippen LogP contribution >= 0.6 is 11.8 Å². The minimum atomic E-state index is -3.36. The summed E-state index contributed by atoms with van der Waals surface area (Å²) < 4.78 is 24.3. The van der Waals surface area contributed by atoms with Crippen molar-refractivity contribution in [3.05, 3.63) is 48.5 Å². The summed E-state index contributed by atoms with van der Waals surface area (Å²) in [6, 6.07) is 15.6. The number of aliphatic carboxylic acids is 1. The van der Waals surface area contributed by atoms with Gasteiger partial charge in [-0.2, -0.15) is 0 Å². The van der Waals surface area contributed by atoms with Crippen LogP contribution in [0.25, 0.3) is 0 Å². The number of carbonyl (C=O) groups excluding carboxylic acids is 1. The van der Waals surface area contributed by atoms with E-state index in [-0.39, 0.29) is 43.5 Å². The highest BCUT2D eigenvalue weighted by Crippen LogP contribution is 2.50. The summed E-state index contributed by atoms with van der Waals surface area (Å²) in [5, 5.41) is 12.2. The fourth-order valence-electron chi connectivity index (χ4n) is 5.12. The lowest BCUT2D eigenvalue weighted by Gasteiger charge is -2.49. The Bertz CT molecular complexity index is 1140. The number of anilines is 2. The molecule has 7 nitrogen and oxygen atoms in total. The summed E-state index contributed by atoms with van der Waals surface area (Å²) in [6.45, 7) is 0.128. The van der Waals surface area contributed by atoms with Crippen LogP contribution < -0.4 is 10.2 Å². The summed E-state index contributed by atoms with van der Waals surface area (Å²) in [7, 11) is -3.36. The zero-order valence-electron chi connectivity index (χ0n) is 17.4. The summed E-state index contributed by atoms with van der Waals surface area (Å²) in [6.07, 6.45) is 0.923. The van der Waals surface area contributed by atoms with Gasteiger partial charge in [-0.15, -0.1) is 0 Å². The predicted molar refractivity (Wildman–Crippen MR) is 122 cm³/mol. The molecule has 2 heterocycles. The molecule has 2 aliphatic heterocycles. The first-order chi connectivity index (χ1) is 15.3. The Hall–Kier alpha value is -2.52. The van der Waals surface area contributed by atoms with Gasteiger partial charge in [-0.3, -0.25) is 9.59 Å². The average Bonchev–Trinajstić information content (AvgIpc) is 2.73. The van der Waals surface area contributed by atoms with Crippen molar-refractivity contribution in [2.24, 2.45) is 5.92 Å². The SMILES string of the molecule is O=C(CN1c2ccccc2Sc2ccccc21)NC1CCS(=O)(=O)C2(C1)CC(C(=O)O)C2. The van der Waals surface area contributed by atoms with Gasteiger partial charge in [-0.25, -0.2) is 8.42 Å². The lowest BCUT2D eigenvalue weighted by atomic mass is 9.70. The molecule has 0 aromatic heterocycles. The highest BCUT2D eigenvalue weighted by atomic mass is 32.2. The molecule has 1 spiro atoms. The molecule has 9 heteroatoms. The molecule has 1 amide bonds. The van der Waals surface area contributed by atoms with E-state index in [1.165, 1.54) is 0 Å². The summed E-state index contributed by atoms with van der Waals surface area (Å²) in [5.41, 5.74) is 1.94. The van der Waals surface area contributed by atoms with Crippen LogP contribution in [-0.4, -0.2) is 48.5 Å². The van der Waals surface area contributed by atoms with Crippen molar-refractivity contribution in [3.8, 4) is 0 Å². The zero-order chi connectivity index (χ0) is 22.5. The van der Waals surface area contributed by atoms with E-state index in [2.05, 4.69) is 5.32 Å². The number of para-hydroxylation sites is 2. The van der Waals surface area contributed by atoms with Crippen molar-refractivity contribution in [1.82, 2.24) is 5.32 Å². The lowest BCUT2D eigenvalue weighted by molar-refractivity contribution is -0.146. The van der Waals surface area contributed by atoms with E-state index in [1.807, 2.05) is 53.4 Å². The Morgan fingerprint density at radius 1 is 1.03 bits per heavy atom. The van der Waals surface area contributed by atoms with E-state index >= 15 is 0 Å². The molecule has 1 saturated carbocycles. The number of hydrogen-bond donors (Lipinski definition) is 2. The number of sulfone groups is 1. The first kappa shape index (κ1) is 21.3. The standard InChI is InChI=1S/C23H24N2O5S2/c26-21(24-16-9-10-32(29,30)23(13-16)11-15(12-23)22(27)28)14-25-17-5-1-3-7-19(17)31-20-8-4-2-6-18(20)25/h1-8,15-16H,9-14H2,(H,24,26)(H,27,28). The molecule has 0 radical (unpaired) electrons. The summed E-state index contributed by atoms with van der Waals surface area (Å²) >= 11 is 1.67. The van der Waals surface area contributed by atoms with Crippen molar-refractivity contribution >= 4 is 44.9 Å². The maximum absolute atomic E-state index is 13.0. The van der Waals surface area contributed by atoms with Gasteiger partial charge >= 0.3 is 5.97 Å². The van der Waals surface area contributed by atoms with Crippen molar-refractivity contribution in [1.29, 1.82) is 0 Å². The minimum absolute atomic E-state index is 0.0176. The molecule has 1 saturated heterocycles. The number of carbonyl (C=O) groups is 2. The normalized spacial score (nSPS) is 27.7. The third kappa shape index (κ3) is 3.57. The van der Waals surface area contributed by atoms with E-state index < -0.39 is 26.5 Å². The van der Waals surface area contributed by atoms with Crippen molar-refractivity contribution in [2.45, 2.75) is 46.3 Å². The van der Waals surface area contributed by atoms with Crippen molar-refractivity contribution < 1.29 is 23.1 Å². The van der Waals surface area contributed by atoms with Gasteiger partial charge in [0.2, 0.25) is 5.91 Å². The van der Waals surface area contributed by atoms with Gasteiger partial charge in [0.05, 0.1) is 27.8 Å². The summed E-state index contributed by atoms with van der Waals surface area (Å²) in [5.74, 6) is -1.75. The molecule has 168 valence electrons. The number of benzene rings is 2. The van der Waals surface area contributed by atoms with Crippen LogP contribution in [0.15, 0.2) is 58.3 Å². The second-order valence-electron chi connectivity index (χ2n) is 8.83. The zero-order valence-corrected chi connectivity index (χ0v) is 19.0. The number of nitrogens with one attached hydrogen (secondary N) is 1.